The van der Waals surface area contributed by atoms with Crippen LogP contribution in [0.2, 0.25) is 0 Å². The van der Waals surface area contributed by atoms with E-state index in [1.807, 2.05) is 32.2 Å². The molecular formula is C24H26N4OS. The van der Waals surface area contributed by atoms with Gasteiger partial charge < -0.3 is 15.4 Å². The summed E-state index contributed by atoms with van der Waals surface area (Å²) in [7, 11) is 3.65. The minimum Gasteiger partial charge on any atom is -0.497 e. The number of nitrogens with one attached hydrogen (secondary N) is 2. The first-order valence-corrected chi connectivity index (χ1v) is 10.8. The Bertz CT molecular complexity index is 1170. The molecule has 1 unspecified atom stereocenters. The fourth-order valence-corrected chi connectivity index (χ4v) is 4.68. The number of aryl methyl sites for hydroxylation is 1. The van der Waals surface area contributed by atoms with Crippen molar-refractivity contribution >= 4 is 27.9 Å². The lowest BCUT2D eigenvalue weighted by molar-refractivity contribution is 0.415. The van der Waals surface area contributed by atoms with Gasteiger partial charge in [0.15, 0.2) is 5.82 Å². The fourth-order valence-electron chi connectivity index (χ4n) is 3.61. The standard InChI is InChI=1S/C24H26N4OS/c1-15-19-10-9-18(29-4)13-21(19)24(28-27-15)26-16(2)22-11-12-23(30-22)20-8-6-5-7-17(20)14-25-3/h5-13,16,25H,14H2,1-4H3,(H,26,28). The monoisotopic (exact) mass is 418 g/mol. The molecule has 0 aliphatic rings. The van der Waals surface area contributed by atoms with Crippen LogP contribution in [0.1, 0.15) is 29.1 Å². The van der Waals surface area contributed by atoms with Crippen LogP contribution < -0.4 is 15.4 Å². The van der Waals surface area contributed by atoms with Crippen molar-refractivity contribution in [3.8, 4) is 16.2 Å². The van der Waals surface area contributed by atoms with Gasteiger partial charge >= 0.3 is 0 Å². The summed E-state index contributed by atoms with van der Waals surface area (Å²) in [6, 6.07) is 19.1. The molecule has 0 aliphatic carbocycles. The lowest BCUT2D eigenvalue weighted by atomic mass is 10.1. The molecule has 30 heavy (non-hydrogen) atoms. The molecule has 0 radical (unpaired) electrons. The van der Waals surface area contributed by atoms with Crippen LogP contribution in [0.4, 0.5) is 5.82 Å². The fraction of sp³-hybridized carbons (Fsp3) is 0.250. The highest BCUT2D eigenvalue weighted by atomic mass is 32.1. The van der Waals surface area contributed by atoms with Gasteiger partial charge in [0.05, 0.1) is 18.8 Å². The Morgan fingerprint density at radius 1 is 1.03 bits per heavy atom. The van der Waals surface area contributed by atoms with Gasteiger partial charge in [-0.15, -0.1) is 16.4 Å². The number of ether oxygens (including phenoxy) is 1. The van der Waals surface area contributed by atoms with Crippen LogP contribution in [0.15, 0.2) is 54.6 Å². The van der Waals surface area contributed by atoms with Crippen molar-refractivity contribution in [3.63, 3.8) is 0 Å². The maximum atomic E-state index is 5.41. The predicted octanol–water partition coefficient (Wildman–Crippen LogP) is 5.57. The Labute approximate surface area is 181 Å². The molecular weight excluding hydrogens is 392 g/mol. The molecule has 0 spiro atoms. The average Bonchev–Trinajstić information content (AvgIpc) is 3.26. The number of benzene rings is 2. The Hall–Kier alpha value is -2.96. The highest BCUT2D eigenvalue weighted by Crippen LogP contribution is 2.35. The Balaban J connectivity index is 1.63. The molecule has 4 aromatic rings. The van der Waals surface area contributed by atoms with Crippen LogP contribution >= 0.6 is 11.3 Å². The highest BCUT2D eigenvalue weighted by molar-refractivity contribution is 7.15. The van der Waals surface area contributed by atoms with Gasteiger partial charge in [-0.05, 0) is 62.4 Å². The van der Waals surface area contributed by atoms with Gasteiger partial charge in [-0.1, -0.05) is 24.3 Å². The molecule has 5 nitrogen and oxygen atoms in total. The third-order valence-corrected chi connectivity index (χ3v) is 6.53. The molecule has 154 valence electrons. The molecule has 0 saturated heterocycles. The van der Waals surface area contributed by atoms with E-state index >= 15 is 0 Å². The predicted molar refractivity (Wildman–Crippen MR) is 125 cm³/mol. The second kappa shape index (κ2) is 8.81. The number of aromatic nitrogens is 2. The summed E-state index contributed by atoms with van der Waals surface area (Å²) < 4.78 is 5.41. The number of hydrogen-bond acceptors (Lipinski definition) is 6. The van der Waals surface area contributed by atoms with Crippen LogP contribution in [0, 0.1) is 6.92 Å². The number of nitrogens with zero attached hydrogens (tertiary/aromatic N) is 2. The van der Waals surface area contributed by atoms with Crippen molar-refractivity contribution < 1.29 is 4.74 Å². The Morgan fingerprint density at radius 2 is 1.87 bits per heavy atom. The molecule has 0 fully saturated rings. The van der Waals surface area contributed by atoms with Gasteiger partial charge in [0.2, 0.25) is 0 Å². The number of methoxy groups -OCH3 is 1. The van der Waals surface area contributed by atoms with Crippen LogP contribution in [-0.4, -0.2) is 24.4 Å². The van der Waals surface area contributed by atoms with Gasteiger partial charge in [0.25, 0.3) is 0 Å². The molecule has 2 heterocycles. The van der Waals surface area contributed by atoms with Gasteiger partial charge in [0.1, 0.15) is 5.75 Å². The zero-order valence-corrected chi connectivity index (χ0v) is 18.5. The van der Waals surface area contributed by atoms with Gasteiger partial charge in [-0.25, -0.2) is 0 Å². The van der Waals surface area contributed by atoms with E-state index in [2.05, 4.69) is 64.2 Å². The zero-order valence-electron chi connectivity index (χ0n) is 17.7. The Kier molecular flexibility index (Phi) is 5.97. The van der Waals surface area contributed by atoms with Gasteiger partial charge in [0, 0.05) is 27.1 Å². The van der Waals surface area contributed by atoms with E-state index in [0.29, 0.717) is 0 Å². The zero-order chi connectivity index (χ0) is 21.1. The summed E-state index contributed by atoms with van der Waals surface area (Å²) in [6.45, 7) is 4.98. The molecule has 6 heteroatoms. The second-order valence-electron chi connectivity index (χ2n) is 7.30. The summed E-state index contributed by atoms with van der Waals surface area (Å²) >= 11 is 1.81. The van der Waals surface area contributed by atoms with Gasteiger partial charge in [-0.3, -0.25) is 0 Å². The van der Waals surface area contributed by atoms with Crippen molar-refractivity contribution in [1.29, 1.82) is 0 Å². The SMILES string of the molecule is CNCc1ccccc1-c1ccc(C(C)Nc2nnc(C)c3ccc(OC)cc23)s1. The largest absolute Gasteiger partial charge is 0.497 e. The van der Waals surface area contributed by atoms with E-state index < -0.39 is 0 Å². The van der Waals surface area contributed by atoms with E-state index in [9.17, 15) is 0 Å². The van der Waals surface area contributed by atoms with Crippen molar-refractivity contribution in [2.75, 3.05) is 19.5 Å². The molecule has 2 aromatic heterocycles. The van der Waals surface area contributed by atoms with Crippen LogP contribution in [0.5, 0.6) is 5.75 Å². The normalized spacial score (nSPS) is 12.1. The van der Waals surface area contributed by atoms with Crippen molar-refractivity contribution in [2.45, 2.75) is 26.4 Å². The van der Waals surface area contributed by atoms with Crippen molar-refractivity contribution in [3.05, 3.63) is 70.7 Å². The maximum Gasteiger partial charge on any atom is 0.157 e. The Morgan fingerprint density at radius 3 is 2.67 bits per heavy atom. The number of rotatable bonds is 7. The molecule has 1 atom stereocenters. The lowest BCUT2D eigenvalue weighted by Gasteiger charge is -2.15. The molecule has 0 aliphatic heterocycles. The summed E-state index contributed by atoms with van der Waals surface area (Å²) in [6.07, 6.45) is 0. The van der Waals surface area contributed by atoms with E-state index in [1.165, 1.54) is 20.9 Å². The molecule has 0 amide bonds. The van der Waals surface area contributed by atoms with Gasteiger partial charge in [-0.2, -0.15) is 5.10 Å². The lowest BCUT2D eigenvalue weighted by Crippen LogP contribution is -2.08. The minimum atomic E-state index is 0.103. The number of hydrogen-bond donors (Lipinski definition) is 2. The molecule has 0 bridgehead atoms. The minimum absolute atomic E-state index is 0.103. The first-order valence-electron chi connectivity index (χ1n) is 10.0. The van der Waals surface area contributed by atoms with Crippen molar-refractivity contribution in [1.82, 2.24) is 15.5 Å². The molecule has 2 aromatic carbocycles. The summed E-state index contributed by atoms with van der Waals surface area (Å²) in [4.78, 5) is 2.52. The first kappa shape index (κ1) is 20.3. The smallest absolute Gasteiger partial charge is 0.157 e. The van der Waals surface area contributed by atoms with Crippen LogP contribution in [-0.2, 0) is 6.54 Å². The average molecular weight is 419 g/mol. The number of thiophene rings is 1. The van der Waals surface area contributed by atoms with Crippen molar-refractivity contribution in [2.24, 2.45) is 0 Å². The van der Waals surface area contributed by atoms with E-state index in [4.69, 9.17) is 4.74 Å². The maximum absolute atomic E-state index is 5.41. The molecule has 2 N–H and O–H groups in total. The highest BCUT2D eigenvalue weighted by Gasteiger charge is 2.15. The van der Waals surface area contributed by atoms with E-state index in [-0.39, 0.29) is 6.04 Å². The van der Waals surface area contributed by atoms with E-state index in [1.54, 1.807) is 18.4 Å². The van der Waals surface area contributed by atoms with E-state index in [0.717, 1.165) is 34.6 Å². The molecule has 0 saturated carbocycles. The second-order valence-corrected chi connectivity index (χ2v) is 8.42. The number of fused-ring (bicyclic) bond motifs is 1. The summed E-state index contributed by atoms with van der Waals surface area (Å²) in [5.74, 6) is 1.58. The van der Waals surface area contributed by atoms with Crippen LogP contribution in [0.3, 0.4) is 0 Å². The summed E-state index contributed by atoms with van der Waals surface area (Å²) in [5, 5.41) is 17.7. The molecule has 4 rings (SSSR count). The van der Waals surface area contributed by atoms with Crippen LogP contribution in [0.25, 0.3) is 21.2 Å². The summed E-state index contributed by atoms with van der Waals surface area (Å²) in [5.41, 5.74) is 3.49. The third kappa shape index (κ3) is 4.01. The third-order valence-electron chi connectivity index (χ3n) is 5.23. The quantitative estimate of drug-likeness (QED) is 0.411. The first-order chi connectivity index (χ1) is 14.6. The number of anilines is 1. The topological polar surface area (TPSA) is 59.1 Å².